The molecule has 2 heteroatoms. The Kier molecular flexibility index (Phi) is 9.20. The van der Waals surface area contributed by atoms with Crippen molar-refractivity contribution in [3.05, 3.63) is 255 Å². The Hall–Kier alpha value is -8.46. The second-order valence-electron chi connectivity index (χ2n) is 16.5. The van der Waals surface area contributed by atoms with Crippen molar-refractivity contribution >= 4 is 60.4 Å². The van der Waals surface area contributed by atoms with Crippen molar-refractivity contribution < 1.29 is 0 Å². The van der Waals surface area contributed by atoms with Gasteiger partial charge in [-0.25, -0.2) is 0 Å². The van der Waals surface area contributed by atoms with Crippen LogP contribution in [-0.4, -0.2) is 4.57 Å². The monoisotopic (exact) mass is 814 g/mol. The van der Waals surface area contributed by atoms with Crippen molar-refractivity contribution in [1.82, 2.24) is 4.57 Å². The van der Waals surface area contributed by atoms with Gasteiger partial charge in [0.05, 0.1) is 11.0 Å². The highest BCUT2D eigenvalue weighted by molar-refractivity contribution is 6.10. The Balaban J connectivity index is 1.04. The Morgan fingerprint density at radius 1 is 0.266 bits per heavy atom. The van der Waals surface area contributed by atoms with Crippen LogP contribution in [0.1, 0.15) is 0 Å². The predicted octanol–water partition coefficient (Wildman–Crippen LogP) is 17.2. The highest BCUT2D eigenvalue weighted by atomic mass is 15.1. The SMILES string of the molecule is c1ccc(-c2cccc3cccc(-c4ccc(N(c5cccc(-c6cccc7cccc(-c8ccccc8)c67)c5)c5cccc(-n6c7ccccc7c7ccccc76)c5)cc4)c23)cc1. The number of nitrogens with zero attached hydrogens (tertiary/aromatic N) is 2. The Morgan fingerprint density at radius 2 is 0.672 bits per heavy atom. The lowest BCUT2D eigenvalue weighted by atomic mass is 9.91. The summed E-state index contributed by atoms with van der Waals surface area (Å²) in [5.74, 6) is 0. The molecule has 0 spiro atoms. The van der Waals surface area contributed by atoms with Crippen LogP contribution >= 0.6 is 0 Å². The van der Waals surface area contributed by atoms with E-state index in [4.69, 9.17) is 0 Å². The molecule has 1 heterocycles. The molecule has 0 aliphatic rings. The summed E-state index contributed by atoms with van der Waals surface area (Å²) in [5.41, 5.74) is 16.4. The third-order valence-corrected chi connectivity index (χ3v) is 12.8. The number of rotatable bonds is 8. The maximum Gasteiger partial charge on any atom is 0.0541 e. The zero-order valence-corrected chi connectivity index (χ0v) is 35.1. The van der Waals surface area contributed by atoms with Gasteiger partial charge in [0.15, 0.2) is 0 Å². The van der Waals surface area contributed by atoms with Gasteiger partial charge in [-0.3, -0.25) is 0 Å². The van der Waals surface area contributed by atoms with E-state index in [1.807, 2.05) is 0 Å². The van der Waals surface area contributed by atoms with Crippen LogP contribution in [0.5, 0.6) is 0 Å². The maximum atomic E-state index is 2.41. The molecular formula is C62H42N2. The van der Waals surface area contributed by atoms with Crippen molar-refractivity contribution in [1.29, 1.82) is 0 Å². The summed E-state index contributed by atoms with van der Waals surface area (Å²) < 4.78 is 2.40. The molecule has 2 nitrogen and oxygen atoms in total. The third kappa shape index (κ3) is 6.44. The topological polar surface area (TPSA) is 8.17 Å². The first kappa shape index (κ1) is 37.3. The molecule has 1 aromatic heterocycles. The van der Waals surface area contributed by atoms with Crippen LogP contribution in [0, 0.1) is 0 Å². The molecule has 64 heavy (non-hydrogen) atoms. The van der Waals surface area contributed by atoms with Crippen LogP contribution < -0.4 is 4.90 Å². The van der Waals surface area contributed by atoms with E-state index in [0.29, 0.717) is 0 Å². The lowest BCUT2D eigenvalue weighted by Crippen LogP contribution is -2.10. The highest BCUT2D eigenvalue weighted by Crippen LogP contribution is 2.43. The number of hydrogen-bond acceptors (Lipinski definition) is 1. The third-order valence-electron chi connectivity index (χ3n) is 12.8. The number of para-hydroxylation sites is 2. The molecule has 300 valence electrons. The number of benzene rings is 11. The minimum atomic E-state index is 1.07. The minimum absolute atomic E-state index is 1.07. The summed E-state index contributed by atoms with van der Waals surface area (Å²) in [5, 5.41) is 7.46. The lowest BCUT2D eigenvalue weighted by Gasteiger charge is -2.27. The van der Waals surface area contributed by atoms with Crippen LogP contribution in [0.15, 0.2) is 255 Å². The van der Waals surface area contributed by atoms with Crippen molar-refractivity contribution in [2.24, 2.45) is 0 Å². The van der Waals surface area contributed by atoms with Crippen molar-refractivity contribution in [3.63, 3.8) is 0 Å². The molecule has 0 atom stereocenters. The Labute approximate surface area is 373 Å². The van der Waals surface area contributed by atoms with E-state index in [-0.39, 0.29) is 0 Å². The lowest BCUT2D eigenvalue weighted by molar-refractivity contribution is 1.17. The van der Waals surface area contributed by atoms with E-state index >= 15 is 0 Å². The molecule has 0 N–H and O–H groups in total. The van der Waals surface area contributed by atoms with Gasteiger partial charge in [0, 0.05) is 33.5 Å². The van der Waals surface area contributed by atoms with Crippen LogP contribution in [0.2, 0.25) is 0 Å². The minimum Gasteiger partial charge on any atom is -0.310 e. The molecule has 0 aliphatic heterocycles. The largest absolute Gasteiger partial charge is 0.310 e. The van der Waals surface area contributed by atoms with Gasteiger partial charge in [-0.2, -0.15) is 0 Å². The first-order valence-electron chi connectivity index (χ1n) is 22.0. The number of hydrogen-bond donors (Lipinski definition) is 0. The summed E-state index contributed by atoms with van der Waals surface area (Å²) >= 11 is 0. The molecule has 0 saturated heterocycles. The average molecular weight is 815 g/mol. The smallest absolute Gasteiger partial charge is 0.0541 e. The normalized spacial score (nSPS) is 11.4. The fourth-order valence-corrected chi connectivity index (χ4v) is 9.90. The molecule has 11 aromatic carbocycles. The van der Waals surface area contributed by atoms with E-state index in [9.17, 15) is 0 Å². The maximum absolute atomic E-state index is 2.41. The van der Waals surface area contributed by atoms with Crippen LogP contribution in [0.3, 0.4) is 0 Å². The van der Waals surface area contributed by atoms with E-state index in [0.717, 1.165) is 28.3 Å². The molecule has 12 rings (SSSR count). The molecule has 0 amide bonds. The van der Waals surface area contributed by atoms with Gasteiger partial charge >= 0.3 is 0 Å². The predicted molar refractivity (Wildman–Crippen MR) is 272 cm³/mol. The standard InChI is InChI=1S/C62H42N2/c1-3-17-43(18-4-1)53-31-12-21-46-22-14-33-55(61(46)53)45-37-39-49(40-38-45)63(51-27-16-28-52(42-51)64-59-35-9-7-29-57(59)58-30-8-10-36-60(58)64)50-26-11-25-48(41-50)56-34-15-24-47-23-13-32-54(62(47)56)44-19-5-2-6-20-44/h1-42H. The molecule has 12 aromatic rings. The van der Waals surface area contributed by atoms with E-state index in [1.165, 1.54) is 82.3 Å². The number of fused-ring (bicyclic) bond motifs is 5. The molecule has 0 bridgehead atoms. The van der Waals surface area contributed by atoms with Gasteiger partial charge in [-0.1, -0.05) is 200 Å². The van der Waals surface area contributed by atoms with Gasteiger partial charge in [0.1, 0.15) is 0 Å². The van der Waals surface area contributed by atoms with Crippen LogP contribution in [-0.2, 0) is 0 Å². The average Bonchev–Trinajstić information content (AvgIpc) is 3.71. The van der Waals surface area contributed by atoms with Gasteiger partial charge in [-0.15, -0.1) is 0 Å². The van der Waals surface area contributed by atoms with E-state index in [1.54, 1.807) is 0 Å². The van der Waals surface area contributed by atoms with Gasteiger partial charge in [-0.05, 0) is 121 Å². The summed E-state index contributed by atoms with van der Waals surface area (Å²) in [4.78, 5) is 2.41. The first-order valence-corrected chi connectivity index (χ1v) is 22.0. The summed E-state index contributed by atoms with van der Waals surface area (Å²) in [6.45, 7) is 0. The summed E-state index contributed by atoms with van der Waals surface area (Å²) in [6.07, 6.45) is 0. The molecule has 0 unspecified atom stereocenters. The second-order valence-corrected chi connectivity index (χ2v) is 16.5. The summed E-state index contributed by atoms with van der Waals surface area (Å²) in [6, 6.07) is 92.7. The van der Waals surface area contributed by atoms with Gasteiger partial charge in [0.2, 0.25) is 0 Å². The number of anilines is 3. The second kappa shape index (κ2) is 15.8. The molecule has 0 aliphatic carbocycles. The first-order chi connectivity index (χ1) is 31.8. The molecule has 0 saturated carbocycles. The fraction of sp³-hybridized carbons (Fsp3) is 0. The van der Waals surface area contributed by atoms with Gasteiger partial charge < -0.3 is 9.47 Å². The van der Waals surface area contributed by atoms with Crippen molar-refractivity contribution in [2.75, 3.05) is 4.90 Å². The quantitative estimate of drug-likeness (QED) is 0.148. The fourth-order valence-electron chi connectivity index (χ4n) is 9.90. The van der Waals surface area contributed by atoms with Gasteiger partial charge in [0.25, 0.3) is 0 Å². The zero-order chi connectivity index (χ0) is 42.4. The van der Waals surface area contributed by atoms with E-state index < -0.39 is 0 Å². The van der Waals surface area contributed by atoms with Crippen LogP contribution in [0.4, 0.5) is 17.1 Å². The van der Waals surface area contributed by atoms with Crippen LogP contribution in [0.25, 0.3) is 93.5 Å². The van der Waals surface area contributed by atoms with Crippen molar-refractivity contribution in [3.8, 4) is 50.2 Å². The zero-order valence-electron chi connectivity index (χ0n) is 35.1. The summed E-state index contributed by atoms with van der Waals surface area (Å²) in [7, 11) is 0. The molecule has 0 fully saturated rings. The molecular weight excluding hydrogens is 773 g/mol. The molecule has 0 radical (unpaired) electrons. The number of aromatic nitrogens is 1. The highest BCUT2D eigenvalue weighted by Gasteiger charge is 2.19. The Morgan fingerprint density at radius 3 is 1.20 bits per heavy atom. The Bertz CT molecular complexity index is 3590. The van der Waals surface area contributed by atoms with Crippen molar-refractivity contribution in [2.45, 2.75) is 0 Å². The van der Waals surface area contributed by atoms with E-state index in [2.05, 4.69) is 264 Å².